The third-order valence-corrected chi connectivity index (χ3v) is 2.43. The van der Waals surface area contributed by atoms with Gasteiger partial charge in [-0.15, -0.1) is 0 Å². The van der Waals surface area contributed by atoms with E-state index in [1.54, 1.807) is 12.4 Å². The molecule has 0 aliphatic carbocycles. The zero-order chi connectivity index (χ0) is 12.1. The minimum absolute atomic E-state index is 0.557. The number of hydrogen-bond donors (Lipinski definition) is 2. The zero-order valence-electron chi connectivity index (χ0n) is 9.47. The molecule has 17 heavy (non-hydrogen) atoms. The van der Waals surface area contributed by atoms with E-state index in [1.165, 1.54) is 5.56 Å². The van der Waals surface area contributed by atoms with E-state index in [9.17, 15) is 0 Å². The molecule has 0 spiro atoms. The number of aryl methyl sites for hydroxylation is 1. The normalized spacial score (nSPS) is 9.71. The summed E-state index contributed by atoms with van der Waals surface area (Å²) in [6.07, 6.45) is 3.45. The fraction of sp³-hybridized carbons (Fsp3) is 0.0769. The molecule has 3 nitrogen and oxygen atoms in total. The van der Waals surface area contributed by atoms with Gasteiger partial charge in [0.1, 0.15) is 0 Å². The number of aromatic nitrogens is 1. The van der Waals surface area contributed by atoms with E-state index in [0.29, 0.717) is 5.11 Å². The lowest BCUT2D eigenvalue weighted by Crippen LogP contribution is -2.18. The summed E-state index contributed by atoms with van der Waals surface area (Å²) in [4.78, 5) is 4.01. The van der Waals surface area contributed by atoms with Crippen LogP contribution in [0.1, 0.15) is 5.56 Å². The number of nitrogens with one attached hydrogen (secondary N) is 2. The predicted molar refractivity (Wildman–Crippen MR) is 75.3 cm³/mol. The zero-order valence-corrected chi connectivity index (χ0v) is 10.3. The lowest BCUT2D eigenvalue weighted by molar-refractivity contribution is 1.33. The highest BCUT2D eigenvalue weighted by Gasteiger charge is 1.98. The first-order chi connectivity index (χ1) is 8.24. The van der Waals surface area contributed by atoms with Crippen molar-refractivity contribution in [1.82, 2.24) is 4.98 Å². The smallest absolute Gasteiger partial charge is 0.175 e. The van der Waals surface area contributed by atoms with Gasteiger partial charge in [-0.1, -0.05) is 17.7 Å². The largest absolute Gasteiger partial charge is 0.332 e. The Kier molecular flexibility index (Phi) is 3.67. The fourth-order valence-corrected chi connectivity index (χ4v) is 1.60. The van der Waals surface area contributed by atoms with Crippen LogP contribution in [0.3, 0.4) is 0 Å². The van der Waals surface area contributed by atoms with E-state index in [-0.39, 0.29) is 0 Å². The third kappa shape index (κ3) is 3.53. The highest BCUT2D eigenvalue weighted by atomic mass is 32.1. The molecule has 0 saturated carbocycles. The number of rotatable bonds is 2. The number of benzene rings is 1. The van der Waals surface area contributed by atoms with E-state index >= 15 is 0 Å². The summed E-state index contributed by atoms with van der Waals surface area (Å²) >= 11 is 5.20. The van der Waals surface area contributed by atoms with Gasteiger partial charge < -0.3 is 10.6 Å². The van der Waals surface area contributed by atoms with Crippen molar-refractivity contribution in [3.05, 3.63) is 54.4 Å². The van der Waals surface area contributed by atoms with Gasteiger partial charge in [0.25, 0.3) is 0 Å². The number of nitrogens with zero attached hydrogens (tertiary/aromatic N) is 1. The highest BCUT2D eigenvalue weighted by molar-refractivity contribution is 7.80. The molecule has 0 atom stereocenters. The lowest BCUT2D eigenvalue weighted by atomic mass is 10.2. The Morgan fingerprint density at radius 2 is 1.76 bits per heavy atom. The van der Waals surface area contributed by atoms with Crippen molar-refractivity contribution in [2.24, 2.45) is 0 Å². The monoisotopic (exact) mass is 243 g/mol. The van der Waals surface area contributed by atoms with E-state index in [2.05, 4.69) is 22.5 Å². The van der Waals surface area contributed by atoms with Gasteiger partial charge >= 0.3 is 0 Å². The molecule has 0 amide bonds. The second-order valence-corrected chi connectivity index (χ2v) is 4.10. The summed E-state index contributed by atoms with van der Waals surface area (Å²) in [7, 11) is 0. The van der Waals surface area contributed by atoms with Crippen LogP contribution in [0.5, 0.6) is 0 Å². The van der Waals surface area contributed by atoms with Gasteiger partial charge in [0.05, 0.1) is 11.9 Å². The molecular weight excluding hydrogens is 230 g/mol. The van der Waals surface area contributed by atoms with Gasteiger partial charge in [0.2, 0.25) is 0 Å². The van der Waals surface area contributed by atoms with Gasteiger partial charge in [-0.05, 0) is 43.4 Å². The summed E-state index contributed by atoms with van der Waals surface area (Å²) in [5, 5.41) is 6.73. The van der Waals surface area contributed by atoms with E-state index in [1.807, 2.05) is 36.4 Å². The second-order valence-electron chi connectivity index (χ2n) is 3.69. The van der Waals surface area contributed by atoms with Crippen molar-refractivity contribution in [3.63, 3.8) is 0 Å². The molecule has 0 radical (unpaired) electrons. The van der Waals surface area contributed by atoms with Gasteiger partial charge in [0.15, 0.2) is 5.11 Å². The first-order valence-corrected chi connectivity index (χ1v) is 5.69. The minimum Gasteiger partial charge on any atom is -0.332 e. The summed E-state index contributed by atoms with van der Waals surface area (Å²) in [5.74, 6) is 0. The van der Waals surface area contributed by atoms with Crippen LogP contribution in [0.15, 0.2) is 48.8 Å². The van der Waals surface area contributed by atoms with Gasteiger partial charge in [-0.25, -0.2) is 0 Å². The van der Waals surface area contributed by atoms with E-state index < -0.39 is 0 Å². The van der Waals surface area contributed by atoms with Crippen molar-refractivity contribution in [2.75, 3.05) is 10.6 Å². The molecule has 4 heteroatoms. The molecule has 1 heterocycles. The number of hydrogen-bond acceptors (Lipinski definition) is 2. The van der Waals surface area contributed by atoms with Crippen LogP contribution in [-0.4, -0.2) is 10.1 Å². The Morgan fingerprint density at radius 3 is 2.41 bits per heavy atom. The Hall–Kier alpha value is -1.94. The fourth-order valence-electron chi connectivity index (χ4n) is 1.37. The molecule has 0 unspecified atom stereocenters. The van der Waals surface area contributed by atoms with Crippen LogP contribution < -0.4 is 10.6 Å². The van der Waals surface area contributed by atoms with Gasteiger partial charge in [-0.3, -0.25) is 4.98 Å². The van der Waals surface area contributed by atoms with E-state index in [4.69, 9.17) is 12.2 Å². The molecule has 0 fully saturated rings. The first-order valence-electron chi connectivity index (χ1n) is 5.29. The molecule has 1 aromatic heterocycles. The number of anilines is 2. The van der Waals surface area contributed by atoms with Crippen molar-refractivity contribution >= 4 is 28.7 Å². The summed E-state index contributed by atoms with van der Waals surface area (Å²) in [6.45, 7) is 2.05. The maximum absolute atomic E-state index is 5.20. The Bertz CT molecular complexity index is 494. The molecule has 0 saturated heterocycles. The van der Waals surface area contributed by atoms with Crippen molar-refractivity contribution in [2.45, 2.75) is 6.92 Å². The SMILES string of the molecule is Cc1ccc(NC(=S)Nc2cccnc2)cc1. The summed E-state index contributed by atoms with van der Waals surface area (Å²) < 4.78 is 0. The van der Waals surface area contributed by atoms with Gasteiger partial charge in [0, 0.05) is 11.9 Å². The second kappa shape index (κ2) is 5.41. The summed E-state index contributed by atoms with van der Waals surface area (Å²) in [6, 6.07) is 11.8. The van der Waals surface area contributed by atoms with Crippen LogP contribution in [0.2, 0.25) is 0 Å². The molecule has 0 aliphatic heterocycles. The van der Waals surface area contributed by atoms with Crippen LogP contribution in [0.4, 0.5) is 11.4 Å². The molecular formula is C13H13N3S. The lowest BCUT2D eigenvalue weighted by Gasteiger charge is -2.10. The van der Waals surface area contributed by atoms with Crippen LogP contribution >= 0.6 is 12.2 Å². The quantitative estimate of drug-likeness (QED) is 0.794. The van der Waals surface area contributed by atoms with Gasteiger partial charge in [-0.2, -0.15) is 0 Å². The van der Waals surface area contributed by atoms with Crippen LogP contribution in [0, 0.1) is 6.92 Å². The Morgan fingerprint density at radius 1 is 1.06 bits per heavy atom. The topological polar surface area (TPSA) is 37.0 Å². The maximum Gasteiger partial charge on any atom is 0.175 e. The summed E-state index contributed by atoms with van der Waals surface area (Å²) in [5.41, 5.74) is 3.07. The first kappa shape index (κ1) is 11.5. The molecule has 2 N–H and O–H groups in total. The van der Waals surface area contributed by atoms with Crippen LogP contribution in [-0.2, 0) is 0 Å². The average Bonchev–Trinajstić information content (AvgIpc) is 2.33. The number of thiocarbonyl (C=S) groups is 1. The van der Waals surface area contributed by atoms with Crippen LogP contribution in [0.25, 0.3) is 0 Å². The Balaban J connectivity index is 1.96. The van der Waals surface area contributed by atoms with Crippen molar-refractivity contribution in [3.8, 4) is 0 Å². The van der Waals surface area contributed by atoms with E-state index in [0.717, 1.165) is 11.4 Å². The molecule has 0 aliphatic rings. The van der Waals surface area contributed by atoms with Crippen molar-refractivity contribution < 1.29 is 0 Å². The molecule has 2 aromatic rings. The number of pyridine rings is 1. The molecule has 86 valence electrons. The highest BCUT2D eigenvalue weighted by Crippen LogP contribution is 2.10. The Labute approximate surface area is 106 Å². The third-order valence-electron chi connectivity index (χ3n) is 2.23. The standard InChI is InChI=1S/C13H13N3S/c1-10-4-6-11(7-5-10)15-13(17)16-12-3-2-8-14-9-12/h2-9H,1H3,(H2,15,16,17). The molecule has 2 rings (SSSR count). The minimum atomic E-state index is 0.557. The average molecular weight is 243 g/mol. The maximum atomic E-state index is 5.20. The molecule has 0 bridgehead atoms. The molecule has 1 aromatic carbocycles. The van der Waals surface area contributed by atoms with Crippen molar-refractivity contribution in [1.29, 1.82) is 0 Å². The predicted octanol–water partition coefficient (Wildman–Crippen LogP) is 3.20.